The zero-order valence-corrected chi connectivity index (χ0v) is 22.2. The maximum atomic E-state index is 13.9. The van der Waals surface area contributed by atoms with E-state index in [0.29, 0.717) is 29.8 Å². The van der Waals surface area contributed by atoms with Crippen LogP contribution in [0.2, 0.25) is 0 Å². The molecule has 2 saturated heterocycles. The lowest BCUT2D eigenvalue weighted by Gasteiger charge is -2.38. The lowest BCUT2D eigenvalue weighted by molar-refractivity contribution is -0.141. The molecule has 8 atom stereocenters. The van der Waals surface area contributed by atoms with E-state index in [0.717, 1.165) is 25.7 Å². The molecule has 37 heavy (non-hydrogen) atoms. The molecule has 3 amide bonds. The molecule has 1 aromatic carbocycles. The van der Waals surface area contributed by atoms with Crippen LogP contribution in [-0.2, 0) is 19.1 Å². The Morgan fingerprint density at radius 3 is 2.62 bits per heavy atom. The van der Waals surface area contributed by atoms with Gasteiger partial charge in [0.1, 0.15) is 17.4 Å². The number of unbranched alkanes of at least 4 members (excludes halogenated alkanes) is 1. The SMILES string of the molecule is CCCCN1C(=O)[C@@H]2[C@H](C(=O)Nc3ccc(OC)cc3)[C@@H]3C=C[C@@]2(O3)[C@@H]1C(=O)N[C@@H]1CCC[C@@H](C)[C@H]1C. The van der Waals surface area contributed by atoms with Crippen LogP contribution in [0.5, 0.6) is 5.75 Å². The maximum absolute atomic E-state index is 13.9. The van der Waals surface area contributed by atoms with Gasteiger partial charge in [0.05, 0.1) is 25.0 Å². The predicted octanol–water partition coefficient (Wildman–Crippen LogP) is 3.53. The second-order valence-electron chi connectivity index (χ2n) is 11.2. The lowest BCUT2D eigenvalue weighted by Crippen LogP contribution is -2.58. The van der Waals surface area contributed by atoms with Crippen molar-refractivity contribution in [2.24, 2.45) is 23.7 Å². The van der Waals surface area contributed by atoms with Gasteiger partial charge in [-0.1, -0.05) is 52.2 Å². The van der Waals surface area contributed by atoms with Crippen molar-refractivity contribution < 1.29 is 23.9 Å². The zero-order chi connectivity index (χ0) is 26.3. The maximum Gasteiger partial charge on any atom is 0.246 e. The van der Waals surface area contributed by atoms with Crippen LogP contribution >= 0.6 is 0 Å². The van der Waals surface area contributed by atoms with Crippen molar-refractivity contribution >= 4 is 23.4 Å². The number of fused-ring (bicyclic) bond motifs is 1. The molecule has 1 aromatic rings. The molecule has 0 radical (unpaired) electrons. The third-order valence-corrected chi connectivity index (χ3v) is 9.07. The molecule has 1 saturated carbocycles. The fourth-order valence-electron chi connectivity index (χ4n) is 6.78. The molecule has 0 aromatic heterocycles. The topological polar surface area (TPSA) is 97.0 Å². The first-order valence-electron chi connectivity index (χ1n) is 13.7. The number of ether oxygens (including phenoxy) is 2. The number of likely N-dealkylation sites (tertiary alicyclic amines) is 1. The van der Waals surface area contributed by atoms with Crippen molar-refractivity contribution in [1.82, 2.24) is 10.2 Å². The van der Waals surface area contributed by atoms with Gasteiger partial charge in [0.25, 0.3) is 0 Å². The Kier molecular flexibility index (Phi) is 7.05. The zero-order valence-electron chi connectivity index (χ0n) is 22.2. The molecule has 4 aliphatic rings. The normalized spacial score (nSPS) is 35.9. The summed E-state index contributed by atoms with van der Waals surface area (Å²) in [6, 6.07) is 6.38. The van der Waals surface area contributed by atoms with Crippen molar-refractivity contribution in [3.63, 3.8) is 0 Å². The Balaban J connectivity index is 1.41. The fourth-order valence-corrected chi connectivity index (χ4v) is 6.78. The van der Waals surface area contributed by atoms with E-state index in [-0.39, 0.29) is 23.8 Å². The summed E-state index contributed by atoms with van der Waals surface area (Å²) in [5, 5.41) is 6.24. The highest BCUT2D eigenvalue weighted by Crippen LogP contribution is 2.55. The summed E-state index contributed by atoms with van der Waals surface area (Å²) < 4.78 is 11.6. The van der Waals surface area contributed by atoms with Gasteiger partial charge in [0.2, 0.25) is 17.7 Å². The van der Waals surface area contributed by atoms with Crippen molar-refractivity contribution in [3.05, 3.63) is 36.4 Å². The van der Waals surface area contributed by atoms with Gasteiger partial charge in [0.15, 0.2) is 0 Å². The monoisotopic (exact) mass is 509 g/mol. The molecular weight excluding hydrogens is 470 g/mol. The predicted molar refractivity (Wildman–Crippen MR) is 140 cm³/mol. The number of carbonyl (C=O) groups is 3. The Morgan fingerprint density at radius 1 is 1.16 bits per heavy atom. The molecule has 2 N–H and O–H groups in total. The third kappa shape index (κ3) is 4.33. The summed E-state index contributed by atoms with van der Waals surface area (Å²) in [5.74, 6) is -0.435. The van der Waals surface area contributed by atoms with Crippen LogP contribution in [0, 0.1) is 23.7 Å². The Hall–Kier alpha value is -2.87. The number of benzene rings is 1. The van der Waals surface area contributed by atoms with E-state index in [2.05, 4.69) is 31.4 Å². The van der Waals surface area contributed by atoms with Gasteiger partial charge in [-0.15, -0.1) is 0 Å². The number of nitrogens with one attached hydrogen (secondary N) is 2. The van der Waals surface area contributed by atoms with Gasteiger partial charge in [-0.3, -0.25) is 14.4 Å². The van der Waals surface area contributed by atoms with E-state index in [9.17, 15) is 14.4 Å². The molecule has 2 bridgehead atoms. The first kappa shape index (κ1) is 25.8. The molecule has 3 fully saturated rings. The van der Waals surface area contributed by atoms with Gasteiger partial charge >= 0.3 is 0 Å². The molecule has 1 spiro atoms. The van der Waals surface area contributed by atoms with Crippen molar-refractivity contribution in [2.45, 2.75) is 76.7 Å². The van der Waals surface area contributed by atoms with Crippen LogP contribution in [0.1, 0.15) is 52.9 Å². The minimum Gasteiger partial charge on any atom is -0.497 e. The van der Waals surface area contributed by atoms with E-state index in [1.54, 1.807) is 36.3 Å². The van der Waals surface area contributed by atoms with E-state index < -0.39 is 29.6 Å². The Labute approximate surface area is 219 Å². The van der Waals surface area contributed by atoms with Crippen LogP contribution in [0.4, 0.5) is 5.69 Å². The van der Waals surface area contributed by atoms with Crippen LogP contribution in [0.25, 0.3) is 0 Å². The summed E-state index contributed by atoms with van der Waals surface area (Å²) in [7, 11) is 1.59. The molecule has 200 valence electrons. The highest BCUT2D eigenvalue weighted by atomic mass is 16.5. The molecule has 8 nitrogen and oxygen atoms in total. The number of carbonyl (C=O) groups excluding carboxylic acids is 3. The lowest BCUT2D eigenvalue weighted by atomic mass is 9.73. The van der Waals surface area contributed by atoms with Crippen LogP contribution in [0.3, 0.4) is 0 Å². The van der Waals surface area contributed by atoms with E-state index in [1.807, 2.05) is 12.2 Å². The van der Waals surface area contributed by atoms with Crippen LogP contribution in [0.15, 0.2) is 36.4 Å². The summed E-state index contributed by atoms with van der Waals surface area (Å²) in [6.45, 7) is 6.96. The minimum absolute atomic E-state index is 0.0755. The first-order chi connectivity index (χ1) is 17.8. The van der Waals surface area contributed by atoms with Gasteiger partial charge in [-0.25, -0.2) is 0 Å². The first-order valence-corrected chi connectivity index (χ1v) is 13.7. The quantitative estimate of drug-likeness (QED) is 0.523. The van der Waals surface area contributed by atoms with Crippen molar-refractivity contribution in [2.75, 3.05) is 19.0 Å². The highest BCUT2D eigenvalue weighted by Gasteiger charge is 2.72. The molecule has 5 rings (SSSR count). The summed E-state index contributed by atoms with van der Waals surface area (Å²) in [5.41, 5.74) is -0.500. The van der Waals surface area contributed by atoms with Crippen molar-refractivity contribution in [3.8, 4) is 5.75 Å². The average molecular weight is 510 g/mol. The highest BCUT2D eigenvalue weighted by molar-refractivity contribution is 6.02. The smallest absolute Gasteiger partial charge is 0.246 e. The number of rotatable bonds is 8. The number of nitrogens with zero attached hydrogens (tertiary/aromatic N) is 1. The Morgan fingerprint density at radius 2 is 1.92 bits per heavy atom. The summed E-state index contributed by atoms with van der Waals surface area (Å²) >= 11 is 0. The molecule has 0 unspecified atom stereocenters. The van der Waals surface area contributed by atoms with Crippen LogP contribution < -0.4 is 15.4 Å². The minimum atomic E-state index is -1.12. The molecule has 1 aliphatic carbocycles. The molecule has 3 heterocycles. The second kappa shape index (κ2) is 10.1. The van der Waals surface area contributed by atoms with E-state index in [4.69, 9.17) is 9.47 Å². The second-order valence-corrected chi connectivity index (χ2v) is 11.2. The number of hydrogen-bond acceptors (Lipinski definition) is 5. The largest absolute Gasteiger partial charge is 0.497 e. The summed E-state index contributed by atoms with van der Waals surface area (Å²) in [4.78, 5) is 43.0. The van der Waals surface area contributed by atoms with Crippen molar-refractivity contribution in [1.29, 1.82) is 0 Å². The summed E-state index contributed by atoms with van der Waals surface area (Å²) in [6.07, 6.45) is 8.07. The number of amides is 3. The fraction of sp³-hybridized carbons (Fsp3) is 0.621. The third-order valence-electron chi connectivity index (χ3n) is 9.07. The van der Waals surface area contributed by atoms with E-state index in [1.165, 1.54) is 6.42 Å². The standard InChI is InChI=1S/C29H39N3O5/c1-5-6-16-32-25(27(34)31-21-9-7-8-17(2)18(21)3)29-15-14-22(37-29)23(24(29)28(32)35)26(33)30-19-10-12-20(36-4)13-11-19/h10-15,17-18,21-25H,5-9,16H2,1-4H3,(H,30,33)(H,31,34)/t17-,18-,21-,22+,23-,24+,25+,29+/m1/s1. The van der Waals surface area contributed by atoms with Crippen LogP contribution in [-0.4, -0.2) is 60.1 Å². The van der Waals surface area contributed by atoms with Gasteiger partial charge in [0, 0.05) is 18.3 Å². The van der Waals surface area contributed by atoms with E-state index >= 15 is 0 Å². The van der Waals surface area contributed by atoms with Gasteiger partial charge in [-0.2, -0.15) is 0 Å². The Bertz CT molecular complexity index is 1070. The molecular formula is C29H39N3O5. The number of hydrogen-bond donors (Lipinski definition) is 2. The molecule has 3 aliphatic heterocycles. The van der Waals surface area contributed by atoms with Gasteiger partial charge < -0.3 is 25.0 Å². The number of methoxy groups -OCH3 is 1. The average Bonchev–Trinajstić information content (AvgIpc) is 3.53. The number of anilines is 1. The molecule has 8 heteroatoms. The van der Waals surface area contributed by atoms with Gasteiger partial charge in [-0.05, 0) is 48.9 Å².